The molecule has 2 aliphatic heterocycles. The number of hydrogen-bond donors (Lipinski definition) is 2. The Morgan fingerprint density at radius 3 is 2.81 bits per heavy atom. The molecule has 2 amide bonds. The monoisotopic (exact) mass is 221 g/mol. The van der Waals surface area contributed by atoms with Crippen LogP contribution in [0.5, 0.6) is 0 Å². The van der Waals surface area contributed by atoms with Gasteiger partial charge in [0.05, 0.1) is 0 Å². The molecule has 0 saturated carbocycles. The Bertz CT molecular complexity index is 354. The smallest absolute Gasteiger partial charge is 0.251 e. The van der Waals surface area contributed by atoms with Crippen molar-refractivity contribution in [3.63, 3.8) is 0 Å². The van der Waals surface area contributed by atoms with Crippen LogP contribution < -0.4 is 10.6 Å². The standard InChI is InChI=1S/C11H15N3O2/c15-8-13-10-5-9(6-12-7-10)11(16)14-3-1-2-4-14/h6-8,12H,1-5H2,(H,13,15). The van der Waals surface area contributed by atoms with E-state index in [9.17, 15) is 9.59 Å². The molecule has 0 aromatic rings. The molecule has 0 spiro atoms. The van der Waals surface area contributed by atoms with Gasteiger partial charge in [0.25, 0.3) is 5.91 Å². The Balaban J connectivity index is 1.97. The van der Waals surface area contributed by atoms with Crippen LogP contribution in [-0.2, 0) is 9.59 Å². The van der Waals surface area contributed by atoms with Crippen LogP contribution in [0.4, 0.5) is 0 Å². The third-order valence-corrected chi connectivity index (χ3v) is 2.81. The lowest BCUT2D eigenvalue weighted by molar-refractivity contribution is -0.126. The number of amides is 2. The van der Waals surface area contributed by atoms with Gasteiger partial charge in [-0.05, 0) is 12.8 Å². The quantitative estimate of drug-likeness (QED) is 0.663. The van der Waals surface area contributed by atoms with Gasteiger partial charge < -0.3 is 15.5 Å². The number of carbonyl (C=O) groups excluding carboxylic acids is 2. The summed E-state index contributed by atoms with van der Waals surface area (Å²) in [6.07, 6.45) is 6.67. The van der Waals surface area contributed by atoms with Crippen LogP contribution >= 0.6 is 0 Å². The van der Waals surface area contributed by atoms with Gasteiger partial charge in [-0.15, -0.1) is 0 Å². The summed E-state index contributed by atoms with van der Waals surface area (Å²) < 4.78 is 0. The van der Waals surface area contributed by atoms with Crippen LogP contribution in [0.3, 0.4) is 0 Å². The summed E-state index contributed by atoms with van der Waals surface area (Å²) in [4.78, 5) is 24.2. The zero-order chi connectivity index (χ0) is 11.4. The fourth-order valence-corrected chi connectivity index (χ4v) is 1.98. The number of allylic oxidation sites excluding steroid dienone is 1. The van der Waals surface area contributed by atoms with Crippen LogP contribution in [-0.4, -0.2) is 30.3 Å². The number of likely N-dealkylation sites (tertiary alicyclic amines) is 1. The Morgan fingerprint density at radius 1 is 1.38 bits per heavy atom. The van der Waals surface area contributed by atoms with Crippen molar-refractivity contribution in [2.75, 3.05) is 13.1 Å². The van der Waals surface area contributed by atoms with Gasteiger partial charge in [0.1, 0.15) is 0 Å². The lowest BCUT2D eigenvalue weighted by Crippen LogP contribution is -2.31. The zero-order valence-electron chi connectivity index (χ0n) is 9.03. The molecule has 0 atom stereocenters. The molecule has 0 unspecified atom stereocenters. The molecular formula is C11H15N3O2. The van der Waals surface area contributed by atoms with E-state index in [1.54, 1.807) is 12.4 Å². The first-order chi connectivity index (χ1) is 7.81. The minimum atomic E-state index is 0.0725. The highest BCUT2D eigenvalue weighted by atomic mass is 16.2. The van der Waals surface area contributed by atoms with Crippen molar-refractivity contribution in [1.82, 2.24) is 15.5 Å². The SMILES string of the molecule is O=CNC1=CNC=C(C(=O)N2CCCC2)C1. The molecule has 0 bridgehead atoms. The highest BCUT2D eigenvalue weighted by molar-refractivity contribution is 5.94. The van der Waals surface area contributed by atoms with E-state index in [1.165, 1.54) is 0 Å². The van der Waals surface area contributed by atoms with Crippen molar-refractivity contribution in [3.05, 3.63) is 23.7 Å². The van der Waals surface area contributed by atoms with Crippen LogP contribution in [0.1, 0.15) is 19.3 Å². The van der Waals surface area contributed by atoms with Gasteiger partial charge in [0.15, 0.2) is 0 Å². The van der Waals surface area contributed by atoms with E-state index in [-0.39, 0.29) is 5.91 Å². The van der Waals surface area contributed by atoms with Gasteiger partial charge in [-0.1, -0.05) is 0 Å². The maximum atomic E-state index is 12.0. The third kappa shape index (κ3) is 2.24. The van der Waals surface area contributed by atoms with Crippen LogP contribution in [0.2, 0.25) is 0 Å². The normalized spacial score (nSPS) is 19.6. The molecule has 0 radical (unpaired) electrons. The summed E-state index contributed by atoms with van der Waals surface area (Å²) in [5, 5.41) is 5.45. The number of nitrogens with one attached hydrogen (secondary N) is 2. The molecule has 0 aromatic heterocycles. The average molecular weight is 221 g/mol. The molecule has 2 N–H and O–H groups in total. The zero-order valence-corrected chi connectivity index (χ0v) is 9.03. The molecule has 2 rings (SSSR count). The summed E-state index contributed by atoms with van der Waals surface area (Å²) in [6.45, 7) is 1.69. The van der Waals surface area contributed by atoms with Gasteiger partial charge in [-0.3, -0.25) is 9.59 Å². The highest BCUT2D eigenvalue weighted by Crippen LogP contribution is 2.17. The number of dihydropyridines is 1. The second-order valence-corrected chi connectivity index (χ2v) is 3.94. The van der Waals surface area contributed by atoms with Crippen molar-refractivity contribution in [2.45, 2.75) is 19.3 Å². The largest absolute Gasteiger partial charge is 0.366 e. The van der Waals surface area contributed by atoms with E-state index < -0.39 is 0 Å². The van der Waals surface area contributed by atoms with E-state index in [0.717, 1.165) is 31.6 Å². The summed E-state index contributed by atoms with van der Waals surface area (Å²) in [5.74, 6) is 0.0725. The Labute approximate surface area is 94.2 Å². The van der Waals surface area contributed by atoms with Crippen LogP contribution in [0, 0.1) is 0 Å². The predicted molar refractivity (Wildman–Crippen MR) is 58.9 cm³/mol. The summed E-state index contributed by atoms with van der Waals surface area (Å²) >= 11 is 0. The number of carbonyl (C=O) groups is 2. The molecule has 5 heteroatoms. The van der Waals surface area contributed by atoms with Gasteiger partial charge in [-0.25, -0.2) is 0 Å². The number of rotatable bonds is 3. The average Bonchev–Trinajstić information content (AvgIpc) is 2.82. The second-order valence-electron chi connectivity index (χ2n) is 3.94. The molecular weight excluding hydrogens is 206 g/mol. The van der Waals surface area contributed by atoms with E-state index in [1.807, 2.05) is 4.90 Å². The van der Waals surface area contributed by atoms with Gasteiger partial charge in [0, 0.05) is 43.2 Å². The van der Waals surface area contributed by atoms with Crippen molar-refractivity contribution in [3.8, 4) is 0 Å². The van der Waals surface area contributed by atoms with Crippen LogP contribution in [0.15, 0.2) is 23.7 Å². The maximum Gasteiger partial charge on any atom is 0.251 e. The van der Waals surface area contributed by atoms with E-state index >= 15 is 0 Å². The molecule has 2 heterocycles. The topological polar surface area (TPSA) is 61.4 Å². The van der Waals surface area contributed by atoms with Crippen molar-refractivity contribution in [2.24, 2.45) is 0 Å². The first-order valence-electron chi connectivity index (χ1n) is 5.45. The lowest BCUT2D eigenvalue weighted by Gasteiger charge is -2.20. The van der Waals surface area contributed by atoms with Gasteiger partial charge >= 0.3 is 0 Å². The first-order valence-corrected chi connectivity index (χ1v) is 5.45. The third-order valence-electron chi connectivity index (χ3n) is 2.81. The highest BCUT2D eigenvalue weighted by Gasteiger charge is 2.23. The predicted octanol–water partition coefficient (Wildman–Crippen LogP) is 0.0734. The van der Waals surface area contributed by atoms with E-state index in [0.29, 0.717) is 18.4 Å². The molecule has 1 saturated heterocycles. The Kier molecular flexibility index (Phi) is 3.24. The van der Waals surface area contributed by atoms with Crippen molar-refractivity contribution < 1.29 is 9.59 Å². The Hall–Kier alpha value is -1.78. The number of nitrogens with zero attached hydrogens (tertiary/aromatic N) is 1. The Morgan fingerprint density at radius 2 is 2.12 bits per heavy atom. The maximum absolute atomic E-state index is 12.0. The molecule has 5 nitrogen and oxygen atoms in total. The van der Waals surface area contributed by atoms with Crippen LogP contribution in [0.25, 0.3) is 0 Å². The summed E-state index contributed by atoms with van der Waals surface area (Å²) in [5.41, 5.74) is 1.42. The first kappa shape index (κ1) is 10.7. The molecule has 2 aliphatic rings. The molecule has 86 valence electrons. The van der Waals surface area contributed by atoms with Crippen molar-refractivity contribution in [1.29, 1.82) is 0 Å². The minimum Gasteiger partial charge on any atom is -0.366 e. The van der Waals surface area contributed by atoms with Crippen molar-refractivity contribution >= 4 is 12.3 Å². The second kappa shape index (κ2) is 4.83. The number of hydrogen-bond acceptors (Lipinski definition) is 3. The van der Waals surface area contributed by atoms with E-state index in [2.05, 4.69) is 10.6 Å². The minimum absolute atomic E-state index is 0.0725. The molecule has 1 fully saturated rings. The van der Waals surface area contributed by atoms with Gasteiger partial charge in [-0.2, -0.15) is 0 Å². The molecule has 0 aliphatic carbocycles. The molecule has 0 aromatic carbocycles. The fraction of sp³-hybridized carbons (Fsp3) is 0.455. The lowest BCUT2D eigenvalue weighted by atomic mass is 10.1. The fourth-order valence-electron chi connectivity index (χ4n) is 1.98. The molecule has 16 heavy (non-hydrogen) atoms. The summed E-state index contributed by atoms with van der Waals surface area (Å²) in [6, 6.07) is 0. The van der Waals surface area contributed by atoms with Gasteiger partial charge in [0.2, 0.25) is 6.41 Å². The van der Waals surface area contributed by atoms with E-state index in [4.69, 9.17) is 0 Å². The summed E-state index contributed by atoms with van der Waals surface area (Å²) in [7, 11) is 0.